The maximum absolute atomic E-state index is 12.9. The Morgan fingerprint density at radius 2 is 1.94 bits per heavy atom. The predicted octanol–water partition coefficient (Wildman–Crippen LogP) is 4.83. The molecule has 0 saturated carbocycles. The SMILES string of the molecule is CCC1CCCCN1CCCNC(=O)CC1CCN(C(=O)c2cc3cc(Cl)ccc3[nH]2)CC1. The van der Waals surface area contributed by atoms with Gasteiger partial charge in [0.1, 0.15) is 5.69 Å². The van der Waals surface area contributed by atoms with Crippen LogP contribution in [0, 0.1) is 5.92 Å². The minimum Gasteiger partial charge on any atom is -0.356 e. The second kappa shape index (κ2) is 11.4. The van der Waals surface area contributed by atoms with E-state index in [0.29, 0.717) is 36.1 Å². The van der Waals surface area contributed by atoms with Gasteiger partial charge in [0, 0.05) is 54.6 Å². The van der Waals surface area contributed by atoms with Gasteiger partial charge in [0.05, 0.1) is 0 Å². The maximum atomic E-state index is 12.9. The van der Waals surface area contributed by atoms with Gasteiger partial charge in [-0.1, -0.05) is 24.9 Å². The summed E-state index contributed by atoms with van der Waals surface area (Å²) >= 11 is 6.06. The molecular weight excluding hydrogens is 436 g/mol. The number of hydrogen-bond donors (Lipinski definition) is 2. The number of piperidine rings is 2. The Labute approximate surface area is 202 Å². The minimum absolute atomic E-state index is 0.0216. The first kappa shape index (κ1) is 24.1. The summed E-state index contributed by atoms with van der Waals surface area (Å²) in [7, 11) is 0. The van der Waals surface area contributed by atoms with E-state index in [-0.39, 0.29) is 11.8 Å². The molecule has 6 nitrogen and oxygen atoms in total. The second-order valence-electron chi connectivity index (χ2n) is 9.65. The Hall–Kier alpha value is -2.05. The highest BCUT2D eigenvalue weighted by molar-refractivity contribution is 6.31. The van der Waals surface area contributed by atoms with Gasteiger partial charge in [-0.2, -0.15) is 0 Å². The fraction of sp³-hybridized carbons (Fsp3) is 0.615. The molecule has 2 aliphatic rings. The lowest BCUT2D eigenvalue weighted by Gasteiger charge is -2.35. The van der Waals surface area contributed by atoms with Gasteiger partial charge in [-0.3, -0.25) is 9.59 Å². The third-order valence-corrected chi connectivity index (χ3v) is 7.59. The zero-order chi connectivity index (χ0) is 23.2. The van der Waals surface area contributed by atoms with Crippen LogP contribution in [0.15, 0.2) is 24.3 Å². The molecule has 7 heteroatoms. The van der Waals surface area contributed by atoms with Crippen LogP contribution in [-0.4, -0.2) is 65.4 Å². The molecule has 2 amide bonds. The van der Waals surface area contributed by atoms with Gasteiger partial charge in [-0.25, -0.2) is 0 Å². The number of carbonyl (C=O) groups is 2. The number of halogens is 1. The van der Waals surface area contributed by atoms with Crippen LogP contribution >= 0.6 is 11.6 Å². The first-order valence-electron chi connectivity index (χ1n) is 12.6. The van der Waals surface area contributed by atoms with Crippen molar-refractivity contribution in [1.82, 2.24) is 20.1 Å². The zero-order valence-corrected chi connectivity index (χ0v) is 20.5. The minimum atomic E-state index is 0.0216. The highest BCUT2D eigenvalue weighted by Crippen LogP contribution is 2.24. The van der Waals surface area contributed by atoms with Gasteiger partial charge in [0.2, 0.25) is 5.91 Å². The van der Waals surface area contributed by atoms with Crippen molar-refractivity contribution < 1.29 is 9.59 Å². The maximum Gasteiger partial charge on any atom is 0.270 e. The van der Waals surface area contributed by atoms with Crippen molar-refractivity contribution in [2.24, 2.45) is 5.92 Å². The summed E-state index contributed by atoms with van der Waals surface area (Å²) in [6.07, 6.45) is 8.53. The van der Waals surface area contributed by atoms with E-state index in [1.165, 1.54) is 32.2 Å². The first-order valence-corrected chi connectivity index (χ1v) is 13.0. The number of likely N-dealkylation sites (tertiary alicyclic amines) is 2. The number of nitrogens with zero attached hydrogens (tertiary/aromatic N) is 2. The van der Waals surface area contributed by atoms with Crippen molar-refractivity contribution in [3.05, 3.63) is 35.0 Å². The van der Waals surface area contributed by atoms with Gasteiger partial charge in [-0.15, -0.1) is 0 Å². The standard InChI is InChI=1S/C26H37ClN4O2/c1-2-22-6-3-4-12-30(22)13-5-11-28-25(32)16-19-9-14-31(15-10-19)26(33)24-18-20-17-21(27)7-8-23(20)29-24/h7-8,17-19,22,29H,2-6,9-16H2,1H3,(H,28,32). The molecule has 1 aromatic carbocycles. The molecule has 3 heterocycles. The molecule has 1 unspecified atom stereocenters. The number of carbonyl (C=O) groups excluding carboxylic acids is 2. The molecule has 0 spiro atoms. The van der Waals surface area contributed by atoms with Gasteiger partial charge in [0.15, 0.2) is 0 Å². The van der Waals surface area contributed by atoms with E-state index in [2.05, 4.69) is 22.1 Å². The number of amides is 2. The Bertz CT molecular complexity index is 951. The summed E-state index contributed by atoms with van der Waals surface area (Å²) in [5.41, 5.74) is 1.52. The normalized spacial score (nSPS) is 20.3. The molecule has 2 fully saturated rings. The molecule has 4 rings (SSSR count). The fourth-order valence-corrected chi connectivity index (χ4v) is 5.57. The molecule has 2 N–H and O–H groups in total. The zero-order valence-electron chi connectivity index (χ0n) is 19.7. The number of fused-ring (bicyclic) bond motifs is 1. The van der Waals surface area contributed by atoms with Crippen LogP contribution in [-0.2, 0) is 4.79 Å². The monoisotopic (exact) mass is 472 g/mol. The molecule has 2 saturated heterocycles. The second-order valence-corrected chi connectivity index (χ2v) is 10.1. The van der Waals surface area contributed by atoms with Crippen molar-refractivity contribution in [3.8, 4) is 0 Å². The molecule has 33 heavy (non-hydrogen) atoms. The number of hydrogen-bond acceptors (Lipinski definition) is 3. The van der Waals surface area contributed by atoms with E-state index in [4.69, 9.17) is 11.6 Å². The third-order valence-electron chi connectivity index (χ3n) is 7.35. The highest BCUT2D eigenvalue weighted by atomic mass is 35.5. The van der Waals surface area contributed by atoms with Crippen LogP contribution in [0.1, 0.15) is 68.8 Å². The number of benzene rings is 1. The van der Waals surface area contributed by atoms with E-state index in [0.717, 1.165) is 49.3 Å². The van der Waals surface area contributed by atoms with Crippen LogP contribution in [0.2, 0.25) is 5.02 Å². The van der Waals surface area contributed by atoms with Gasteiger partial charge in [-0.05, 0) is 75.3 Å². The third kappa shape index (κ3) is 6.30. The Kier molecular flexibility index (Phi) is 8.31. The van der Waals surface area contributed by atoms with E-state index in [1.807, 2.05) is 29.2 Å². The quantitative estimate of drug-likeness (QED) is 0.540. The molecular formula is C26H37ClN4O2. The van der Waals surface area contributed by atoms with Crippen molar-refractivity contribution in [1.29, 1.82) is 0 Å². The van der Waals surface area contributed by atoms with Crippen molar-refractivity contribution in [2.45, 2.75) is 64.3 Å². The van der Waals surface area contributed by atoms with Crippen LogP contribution in [0.3, 0.4) is 0 Å². The van der Waals surface area contributed by atoms with E-state index in [1.54, 1.807) is 0 Å². The summed E-state index contributed by atoms with van der Waals surface area (Å²) in [6.45, 7) is 6.71. The fourth-order valence-electron chi connectivity index (χ4n) is 5.39. The largest absolute Gasteiger partial charge is 0.356 e. The summed E-state index contributed by atoms with van der Waals surface area (Å²) in [5.74, 6) is 0.522. The molecule has 1 atom stereocenters. The average molecular weight is 473 g/mol. The number of aromatic nitrogens is 1. The van der Waals surface area contributed by atoms with E-state index in [9.17, 15) is 9.59 Å². The predicted molar refractivity (Wildman–Crippen MR) is 134 cm³/mol. The summed E-state index contributed by atoms with van der Waals surface area (Å²) < 4.78 is 0. The van der Waals surface area contributed by atoms with Gasteiger partial charge in [0.25, 0.3) is 5.91 Å². The molecule has 180 valence electrons. The number of H-pyrrole nitrogens is 1. The van der Waals surface area contributed by atoms with Crippen molar-refractivity contribution in [3.63, 3.8) is 0 Å². The molecule has 0 aliphatic carbocycles. The molecule has 1 aromatic heterocycles. The Balaban J connectivity index is 1.16. The number of rotatable bonds is 8. The van der Waals surface area contributed by atoms with Crippen molar-refractivity contribution >= 4 is 34.3 Å². The lowest BCUT2D eigenvalue weighted by Crippen LogP contribution is -2.41. The Morgan fingerprint density at radius 3 is 2.73 bits per heavy atom. The van der Waals surface area contributed by atoms with Gasteiger partial charge < -0.3 is 20.1 Å². The topological polar surface area (TPSA) is 68.4 Å². The number of aromatic amines is 1. The van der Waals surface area contributed by atoms with Crippen LogP contribution < -0.4 is 5.32 Å². The number of nitrogens with one attached hydrogen (secondary N) is 2. The van der Waals surface area contributed by atoms with Crippen LogP contribution in [0.4, 0.5) is 0 Å². The molecule has 2 aromatic rings. The molecule has 2 aliphatic heterocycles. The molecule has 0 radical (unpaired) electrons. The van der Waals surface area contributed by atoms with Gasteiger partial charge >= 0.3 is 0 Å². The smallest absolute Gasteiger partial charge is 0.270 e. The first-order chi connectivity index (χ1) is 16.0. The molecule has 0 bridgehead atoms. The summed E-state index contributed by atoms with van der Waals surface area (Å²) in [5, 5.41) is 4.73. The van der Waals surface area contributed by atoms with Crippen LogP contribution in [0.25, 0.3) is 10.9 Å². The highest BCUT2D eigenvalue weighted by Gasteiger charge is 2.26. The summed E-state index contributed by atoms with van der Waals surface area (Å²) in [4.78, 5) is 33.0. The van der Waals surface area contributed by atoms with Crippen molar-refractivity contribution in [2.75, 3.05) is 32.7 Å². The lowest BCUT2D eigenvalue weighted by atomic mass is 9.93. The Morgan fingerprint density at radius 1 is 1.12 bits per heavy atom. The average Bonchev–Trinajstić information content (AvgIpc) is 3.25. The summed E-state index contributed by atoms with van der Waals surface area (Å²) in [6, 6.07) is 8.18. The van der Waals surface area contributed by atoms with E-state index >= 15 is 0 Å². The van der Waals surface area contributed by atoms with Crippen LogP contribution in [0.5, 0.6) is 0 Å². The van der Waals surface area contributed by atoms with E-state index < -0.39 is 0 Å². The lowest BCUT2D eigenvalue weighted by molar-refractivity contribution is -0.122.